The molecule has 1 saturated carbocycles. The SMILES string of the molecule is C[C@@H]1CCC[C@@H](C(=O)N[C@H](C)c2cccc(S(N)(=O)=O)c2)C1. The maximum Gasteiger partial charge on any atom is 0.238 e. The van der Waals surface area contributed by atoms with Gasteiger partial charge in [-0.05, 0) is 43.4 Å². The Balaban J connectivity index is 2.05. The monoisotopic (exact) mass is 324 g/mol. The fraction of sp³-hybridized carbons (Fsp3) is 0.562. The fourth-order valence-electron chi connectivity index (χ4n) is 3.05. The van der Waals surface area contributed by atoms with Crippen molar-refractivity contribution < 1.29 is 13.2 Å². The third-order valence-electron chi connectivity index (χ3n) is 4.35. The molecule has 3 N–H and O–H groups in total. The van der Waals surface area contributed by atoms with E-state index in [0.717, 1.165) is 24.8 Å². The second-order valence-corrected chi connectivity index (χ2v) is 7.88. The minimum atomic E-state index is -3.73. The zero-order valence-corrected chi connectivity index (χ0v) is 13.9. The number of hydrogen-bond acceptors (Lipinski definition) is 3. The first kappa shape index (κ1) is 17.0. The van der Waals surface area contributed by atoms with E-state index in [0.29, 0.717) is 5.92 Å². The first-order chi connectivity index (χ1) is 10.3. The average Bonchev–Trinajstić information content (AvgIpc) is 2.46. The molecule has 0 aliphatic heterocycles. The second kappa shape index (κ2) is 6.79. The van der Waals surface area contributed by atoms with Gasteiger partial charge in [0.25, 0.3) is 0 Å². The van der Waals surface area contributed by atoms with Gasteiger partial charge in [0.05, 0.1) is 10.9 Å². The summed E-state index contributed by atoms with van der Waals surface area (Å²) in [6.07, 6.45) is 4.14. The Labute approximate surface area is 132 Å². The maximum absolute atomic E-state index is 12.4. The van der Waals surface area contributed by atoms with Crippen molar-refractivity contribution >= 4 is 15.9 Å². The van der Waals surface area contributed by atoms with E-state index in [-0.39, 0.29) is 22.8 Å². The molecule has 2 rings (SSSR count). The largest absolute Gasteiger partial charge is 0.349 e. The lowest BCUT2D eigenvalue weighted by Gasteiger charge is -2.27. The van der Waals surface area contributed by atoms with Crippen molar-refractivity contribution in [2.24, 2.45) is 17.0 Å². The van der Waals surface area contributed by atoms with Crippen LogP contribution in [0.3, 0.4) is 0 Å². The molecule has 5 nitrogen and oxygen atoms in total. The first-order valence-corrected chi connectivity index (χ1v) is 9.25. The lowest BCUT2D eigenvalue weighted by atomic mass is 9.82. The molecule has 0 saturated heterocycles. The van der Waals surface area contributed by atoms with Crippen LogP contribution in [0.5, 0.6) is 0 Å². The highest BCUT2D eigenvalue weighted by Crippen LogP contribution is 2.29. The van der Waals surface area contributed by atoms with Crippen LogP contribution >= 0.6 is 0 Å². The van der Waals surface area contributed by atoms with E-state index >= 15 is 0 Å². The minimum absolute atomic E-state index is 0.0556. The van der Waals surface area contributed by atoms with Crippen molar-refractivity contribution in [3.8, 4) is 0 Å². The third-order valence-corrected chi connectivity index (χ3v) is 5.26. The number of amides is 1. The van der Waals surface area contributed by atoms with Gasteiger partial charge in [-0.25, -0.2) is 13.6 Å². The predicted molar refractivity (Wildman–Crippen MR) is 85.5 cm³/mol. The summed E-state index contributed by atoms with van der Waals surface area (Å²) in [5.41, 5.74) is 0.740. The third kappa shape index (κ3) is 4.30. The molecule has 6 heteroatoms. The Morgan fingerprint density at radius 3 is 2.73 bits per heavy atom. The highest BCUT2D eigenvalue weighted by molar-refractivity contribution is 7.89. The van der Waals surface area contributed by atoms with E-state index < -0.39 is 10.0 Å². The van der Waals surface area contributed by atoms with Gasteiger partial charge in [0, 0.05) is 5.92 Å². The van der Waals surface area contributed by atoms with Gasteiger partial charge < -0.3 is 5.32 Å². The second-order valence-electron chi connectivity index (χ2n) is 6.32. The number of benzene rings is 1. The lowest BCUT2D eigenvalue weighted by molar-refractivity contribution is -0.127. The molecule has 1 aromatic rings. The van der Waals surface area contributed by atoms with Crippen LogP contribution in [0.25, 0.3) is 0 Å². The van der Waals surface area contributed by atoms with Crippen LogP contribution in [0.15, 0.2) is 29.2 Å². The van der Waals surface area contributed by atoms with Crippen LogP contribution in [-0.2, 0) is 14.8 Å². The number of nitrogens with two attached hydrogens (primary N) is 1. The molecule has 0 spiro atoms. The summed E-state index contributed by atoms with van der Waals surface area (Å²) < 4.78 is 22.8. The Morgan fingerprint density at radius 2 is 2.09 bits per heavy atom. The Kier molecular flexibility index (Phi) is 5.24. The number of rotatable bonds is 4. The molecule has 22 heavy (non-hydrogen) atoms. The first-order valence-electron chi connectivity index (χ1n) is 7.70. The van der Waals surface area contributed by atoms with Crippen molar-refractivity contribution in [1.29, 1.82) is 0 Å². The highest BCUT2D eigenvalue weighted by atomic mass is 32.2. The minimum Gasteiger partial charge on any atom is -0.349 e. The van der Waals surface area contributed by atoms with Crippen LogP contribution < -0.4 is 10.5 Å². The van der Waals surface area contributed by atoms with E-state index in [1.54, 1.807) is 12.1 Å². The number of hydrogen-bond donors (Lipinski definition) is 2. The summed E-state index contributed by atoms with van der Waals surface area (Å²) in [6.45, 7) is 4.03. The van der Waals surface area contributed by atoms with Crippen molar-refractivity contribution in [3.63, 3.8) is 0 Å². The quantitative estimate of drug-likeness (QED) is 0.891. The average molecular weight is 324 g/mol. The fourth-order valence-corrected chi connectivity index (χ4v) is 3.62. The van der Waals surface area contributed by atoms with Crippen molar-refractivity contribution in [3.05, 3.63) is 29.8 Å². The molecule has 3 atom stereocenters. The molecule has 1 aromatic carbocycles. The number of nitrogens with one attached hydrogen (secondary N) is 1. The topological polar surface area (TPSA) is 89.3 Å². The molecule has 0 aromatic heterocycles. The smallest absolute Gasteiger partial charge is 0.238 e. The highest BCUT2D eigenvalue weighted by Gasteiger charge is 2.26. The van der Waals surface area contributed by atoms with Gasteiger partial charge in [-0.3, -0.25) is 4.79 Å². The molecule has 1 aliphatic carbocycles. The Hall–Kier alpha value is -1.40. The van der Waals surface area contributed by atoms with Crippen LogP contribution in [0.1, 0.15) is 51.1 Å². The molecular formula is C16H24N2O3S. The van der Waals surface area contributed by atoms with Crippen LogP contribution in [0.4, 0.5) is 0 Å². The standard InChI is InChI=1S/C16H24N2O3S/c1-11-5-3-7-14(9-11)16(19)18-12(2)13-6-4-8-15(10-13)22(17,20)21/h4,6,8,10-12,14H,3,5,7,9H2,1-2H3,(H,18,19)(H2,17,20,21)/t11-,12-,14-/m1/s1. The van der Waals surface area contributed by atoms with E-state index in [9.17, 15) is 13.2 Å². The predicted octanol–water partition coefficient (Wildman–Crippen LogP) is 2.34. The van der Waals surface area contributed by atoms with Crippen molar-refractivity contribution in [2.45, 2.75) is 50.5 Å². The van der Waals surface area contributed by atoms with Crippen molar-refractivity contribution in [1.82, 2.24) is 5.32 Å². The van der Waals surface area contributed by atoms with E-state index in [1.165, 1.54) is 18.6 Å². The normalized spacial score (nSPS) is 23.8. The Morgan fingerprint density at radius 1 is 1.36 bits per heavy atom. The number of carbonyl (C=O) groups excluding carboxylic acids is 1. The molecule has 0 unspecified atom stereocenters. The van der Waals surface area contributed by atoms with Gasteiger partial charge >= 0.3 is 0 Å². The number of primary sulfonamides is 1. The van der Waals surface area contributed by atoms with Gasteiger partial charge in [0.1, 0.15) is 0 Å². The molecule has 0 radical (unpaired) electrons. The molecule has 0 bridgehead atoms. The van der Waals surface area contributed by atoms with Crippen LogP contribution in [-0.4, -0.2) is 14.3 Å². The summed E-state index contributed by atoms with van der Waals surface area (Å²) >= 11 is 0. The maximum atomic E-state index is 12.4. The molecule has 0 heterocycles. The van der Waals surface area contributed by atoms with Crippen molar-refractivity contribution in [2.75, 3.05) is 0 Å². The Bertz CT molecular complexity index is 643. The van der Waals surface area contributed by atoms with Gasteiger partial charge in [-0.15, -0.1) is 0 Å². The van der Waals surface area contributed by atoms with E-state index in [4.69, 9.17) is 5.14 Å². The summed E-state index contributed by atoms with van der Waals surface area (Å²) in [5, 5.41) is 8.13. The zero-order chi connectivity index (χ0) is 16.3. The molecule has 122 valence electrons. The lowest BCUT2D eigenvalue weighted by Crippen LogP contribution is -2.35. The summed E-state index contributed by atoms with van der Waals surface area (Å²) in [4.78, 5) is 12.4. The van der Waals surface area contributed by atoms with Gasteiger partial charge in [0.2, 0.25) is 15.9 Å². The van der Waals surface area contributed by atoms with E-state index in [1.807, 2.05) is 6.92 Å². The van der Waals surface area contributed by atoms with Gasteiger partial charge in [0.15, 0.2) is 0 Å². The molecular weight excluding hydrogens is 300 g/mol. The molecule has 1 aliphatic rings. The molecule has 1 amide bonds. The van der Waals surface area contributed by atoms with Crippen LogP contribution in [0, 0.1) is 11.8 Å². The van der Waals surface area contributed by atoms with Crippen LogP contribution in [0.2, 0.25) is 0 Å². The van der Waals surface area contributed by atoms with Gasteiger partial charge in [-0.1, -0.05) is 31.9 Å². The summed E-state index contributed by atoms with van der Waals surface area (Å²) in [5.74, 6) is 0.707. The zero-order valence-electron chi connectivity index (χ0n) is 13.1. The number of carbonyl (C=O) groups is 1. The molecule has 1 fully saturated rings. The van der Waals surface area contributed by atoms with Gasteiger partial charge in [-0.2, -0.15) is 0 Å². The van der Waals surface area contributed by atoms with E-state index in [2.05, 4.69) is 12.2 Å². The summed E-state index contributed by atoms with van der Waals surface area (Å²) in [7, 11) is -3.73. The summed E-state index contributed by atoms with van der Waals surface area (Å²) in [6, 6.07) is 6.16. The number of sulfonamides is 1.